The van der Waals surface area contributed by atoms with E-state index in [-0.39, 0.29) is 12.1 Å². The topological polar surface area (TPSA) is 25.8 Å². The third kappa shape index (κ3) is 1.32. The summed E-state index contributed by atoms with van der Waals surface area (Å²) in [7, 11) is 0. The number of benzene rings is 1. The monoisotopic (exact) mass is 158 g/mol. The van der Waals surface area contributed by atoms with Crippen LogP contribution < -0.4 is 0 Å². The van der Waals surface area contributed by atoms with Gasteiger partial charge in [-0.1, -0.05) is 30.3 Å². The summed E-state index contributed by atoms with van der Waals surface area (Å²) >= 11 is 0. The zero-order valence-corrected chi connectivity index (χ0v) is 6.36. The molecule has 1 aromatic carbocycles. The fourth-order valence-electron chi connectivity index (χ4n) is 0.910. The Morgan fingerprint density at radius 3 is 2.25 bits per heavy atom. The van der Waals surface area contributed by atoms with E-state index in [4.69, 9.17) is 2.74 Å². The summed E-state index contributed by atoms with van der Waals surface area (Å²) in [6.45, 7) is 0. The molecule has 0 atom stereocenters. The molecular formula is C10H8N2. The molecule has 0 aliphatic carbocycles. The highest BCUT2D eigenvalue weighted by Crippen LogP contribution is 2.11. The van der Waals surface area contributed by atoms with Gasteiger partial charge >= 0.3 is 0 Å². The molecule has 1 aromatic heterocycles. The van der Waals surface area contributed by atoms with E-state index in [2.05, 4.69) is 9.97 Å². The van der Waals surface area contributed by atoms with Gasteiger partial charge in [0.1, 0.15) is 0 Å². The molecule has 2 rings (SSSR count). The van der Waals surface area contributed by atoms with Gasteiger partial charge in [-0.3, -0.25) is 0 Å². The van der Waals surface area contributed by atoms with Gasteiger partial charge in [-0.2, -0.15) is 0 Å². The van der Waals surface area contributed by atoms with Crippen LogP contribution in [-0.2, 0) is 0 Å². The maximum atomic E-state index is 7.65. The average Bonchev–Trinajstić information content (AvgIpc) is 2.19. The predicted molar refractivity (Wildman–Crippen MR) is 47.5 cm³/mol. The van der Waals surface area contributed by atoms with Crippen molar-refractivity contribution in [1.82, 2.24) is 9.97 Å². The fourth-order valence-corrected chi connectivity index (χ4v) is 0.910. The minimum atomic E-state index is 0.281. The Morgan fingerprint density at radius 1 is 0.917 bits per heavy atom. The van der Waals surface area contributed by atoms with Crippen LogP contribution in [0.15, 0.2) is 48.7 Å². The Morgan fingerprint density at radius 2 is 1.58 bits per heavy atom. The third-order valence-corrected chi connectivity index (χ3v) is 1.44. The lowest BCUT2D eigenvalue weighted by molar-refractivity contribution is 1.18. The number of hydrogen-bond acceptors (Lipinski definition) is 2. The molecule has 0 N–H and O–H groups in total. The minimum Gasteiger partial charge on any atom is -0.237 e. The zero-order chi connectivity index (χ0) is 9.97. The largest absolute Gasteiger partial charge is 0.237 e. The van der Waals surface area contributed by atoms with E-state index in [0.717, 1.165) is 0 Å². The van der Waals surface area contributed by atoms with Crippen LogP contribution in [0.3, 0.4) is 0 Å². The lowest BCUT2D eigenvalue weighted by Crippen LogP contribution is -1.84. The second kappa shape index (κ2) is 3.13. The maximum absolute atomic E-state index is 7.65. The van der Waals surface area contributed by atoms with E-state index < -0.39 is 0 Å². The van der Waals surface area contributed by atoms with Crippen molar-refractivity contribution in [2.45, 2.75) is 0 Å². The summed E-state index contributed by atoms with van der Waals surface area (Å²) in [5.74, 6) is 0.433. The van der Waals surface area contributed by atoms with Crippen molar-refractivity contribution in [3.8, 4) is 11.4 Å². The maximum Gasteiger partial charge on any atom is 0.159 e. The molecule has 0 amide bonds. The molecule has 0 spiro atoms. The van der Waals surface area contributed by atoms with Crippen molar-refractivity contribution in [1.29, 1.82) is 0 Å². The van der Waals surface area contributed by atoms with Gasteiger partial charge in [0, 0.05) is 18.0 Å². The second-order valence-electron chi connectivity index (χ2n) is 2.26. The summed E-state index contributed by atoms with van der Waals surface area (Å²) < 4.78 is 15.3. The first-order valence-corrected chi connectivity index (χ1v) is 3.62. The molecule has 0 unspecified atom stereocenters. The molecule has 58 valence electrons. The molecule has 0 bridgehead atoms. The van der Waals surface area contributed by atoms with Crippen molar-refractivity contribution in [2.75, 3.05) is 0 Å². The first-order valence-electron chi connectivity index (χ1n) is 4.62. The summed E-state index contributed by atoms with van der Waals surface area (Å²) in [4.78, 5) is 8.04. The average molecular weight is 158 g/mol. The van der Waals surface area contributed by atoms with E-state index in [1.54, 1.807) is 36.7 Å². The SMILES string of the molecule is [2H]c1cccc([2H])c1-c1ncccn1. The fraction of sp³-hybridized carbons (Fsp3) is 0. The summed E-state index contributed by atoms with van der Waals surface area (Å²) in [6.07, 6.45) is 3.21. The first kappa shape index (κ1) is 5.04. The molecule has 0 aliphatic heterocycles. The Kier molecular flexibility index (Phi) is 1.31. The van der Waals surface area contributed by atoms with Crippen LogP contribution in [0, 0.1) is 0 Å². The number of rotatable bonds is 1. The highest BCUT2D eigenvalue weighted by molar-refractivity contribution is 5.53. The molecule has 0 fully saturated rings. The van der Waals surface area contributed by atoms with Gasteiger partial charge in [-0.25, -0.2) is 9.97 Å². The van der Waals surface area contributed by atoms with Crippen LogP contribution in [0.5, 0.6) is 0 Å². The Hall–Kier alpha value is -1.70. The van der Waals surface area contributed by atoms with Crippen LogP contribution in [0.4, 0.5) is 0 Å². The van der Waals surface area contributed by atoms with E-state index in [9.17, 15) is 0 Å². The van der Waals surface area contributed by atoms with Gasteiger partial charge in [-0.05, 0) is 6.07 Å². The van der Waals surface area contributed by atoms with Gasteiger partial charge in [0.25, 0.3) is 0 Å². The molecule has 0 saturated carbocycles. The van der Waals surface area contributed by atoms with Crippen molar-refractivity contribution in [2.24, 2.45) is 0 Å². The highest BCUT2D eigenvalue weighted by atomic mass is 14.8. The molecule has 12 heavy (non-hydrogen) atoms. The quantitative estimate of drug-likeness (QED) is 0.635. The number of hydrogen-bond donors (Lipinski definition) is 0. The van der Waals surface area contributed by atoms with Crippen LogP contribution in [0.25, 0.3) is 11.4 Å². The molecule has 0 saturated heterocycles. The van der Waals surface area contributed by atoms with Crippen molar-refractivity contribution >= 4 is 0 Å². The van der Waals surface area contributed by atoms with Crippen LogP contribution in [0.1, 0.15) is 2.74 Å². The van der Waals surface area contributed by atoms with Gasteiger partial charge in [-0.15, -0.1) is 0 Å². The molecule has 2 nitrogen and oxygen atoms in total. The summed E-state index contributed by atoms with van der Waals surface area (Å²) in [5.41, 5.74) is 0.480. The second-order valence-corrected chi connectivity index (χ2v) is 2.26. The Labute approximate surface area is 73.7 Å². The first-order chi connectivity index (χ1) is 6.79. The van der Waals surface area contributed by atoms with E-state index in [1.165, 1.54) is 0 Å². The van der Waals surface area contributed by atoms with Crippen LogP contribution in [-0.4, -0.2) is 9.97 Å². The Balaban J connectivity index is 2.63. The molecule has 2 heteroatoms. The summed E-state index contributed by atoms with van der Waals surface area (Å²) in [6, 6.07) is 7.21. The normalized spacial score (nSPS) is 12.0. The number of nitrogens with zero attached hydrogens (tertiary/aromatic N) is 2. The molecule has 0 aliphatic rings. The van der Waals surface area contributed by atoms with Crippen LogP contribution in [0.2, 0.25) is 0 Å². The molecular weight excluding hydrogens is 148 g/mol. The standard InChI is InChI=1S/C10H8N2/c1-2-5-9(6-3-1)10-11-7-4-8-12-10/h1-8H/i5D,6D. The zero-order valence-electron chi connectivity index (χ0n) is 8.36. The number of aromatic nitrogens is 2. The van der Waals surface area contributed by atoms with Gasteiger partial charge in [0.15, 0.2) is 5.82 Å². The van der Waals surface area contributed by atoms with E-state index in [1.807, 2.05) is 0 Å². The van der Waals surface area contributed by atoms with Crippen molar-refractivity contribution in [3.63, 3.8) is 0 Å². The highest BCUT2D eigenvalue weighted by Gasteiger charge is 1.95. The third-order valence-electron chi connectivity index (χ3n) is 1.44. The van der Waals surface area contributed by atoms with E-state index >= 15 is 0 Å². The van der Waals surface area contributed by atoms with Crippen LogP contribution >= 0.6 is 0 Å². The predicted octanol–water partition coefficient (Wildman–Crippen LogP) is 2.14. The van der Waals surface area contributed by atoms with E-state index in [0.29, 0.717) is 11.4 Å². The minimum absolute atomic E-state index is 0.281. The lowest BCUT2D eigenvalue weighted by atomic mass is 10.2. The molecule has 0 radical (unpaired) electrons. The van der Waals surface area contributed by atoms with Crippen molar-refractivity contribution in [3.05, 3.63) is 48.7 Å². The summed E-state index contributed by atoms with van der Waals surface area (Å²) in [5, 5.41) is 0. The lowest BCUT2D eigenvalue weighted by Gasteiger charge is -1.96. The van der Waals surface area contributed by atoms with Gasteiger partial charge in [0.05, 0.1) is 2.74 Å². The van der Waals surface area contributed by atoms with Gasteiger partial charge in [0.2, 0.25) is 0 Å². The molecule has 1 heterocycles. The Bertz CT molecular complexity index is 423. The van der Waals surface area contributed by atoms with Crippen molar-refractivity contribution < 1.29 is 2.74 Å². The molecule has 2 aromatic rings. The van der Waals surface area contributed by atoms with Gasteiger partial charge < -0.3 is 0 Å². The smallest absolute Gasteiger partial charge is 0.159 e.